The topological polar surface area (TPSA) is 46.2 Å². The van der Waals surface area contributed by atoms with Crippen molar-refractivity contribution in [3.8, 4) is 0 Å². The lowest BCUT2D eigenvalue weighted by molar-refractivity contribution is 0.196. The molecule has 2 rings (SSSR count). The van der Waals surface area contributed by atoms with Gasteiger partial charge < -0.3 is 10.8 Å². The second kappa shape index (κ2) is 6.42. The first kappa shape index (κ1) is 14.4. The van der Waals surface area contributed by atoms with Crippen molar-refractivity contribution in [2.24, 2.45) is 5.73 Å². The summed E-state index contributed by atoms with van der Waals surface area (Å²) in [6.45, 7) is 3.85. The minimum Gasteiger partial charge on any atom is -0.392 e. The molecule has 0 aliphatic carbocycles. The van der Waals surface area contributed by atoms with Crippen LogP contribution in [0.5, 0.6) is 0 Å². The number of hydrogen-bond donors (Lipinski definition) is 2. The molecule has 0 saturated heterocycles. The van der Waals surface area contributed by atoms with E-state index in [0.717, 1.165) is 5.75 Å². The maximum Gasteiger partial charge on any atom is 0.0628 e. The molecule has 0 aromatic heterocycles. The molecule has 0 amide bonds. The van der Waals surface area contributed by atoms with Crippen molar-refractivity contribution in [1.82, 2.24) is 0 Å². The van der Waals surface area contributed by atoms with E-state index in [1.54, 1.807) is 11.8 Å². The summed E-state index contributed by atoms with van der Waals surface area (Å²) in [5.41, 5.74) is 7.49. The Balaban J connectivity index is 2.15. The number of hydrogen-bond acceptors (Lipinski definition) is 3. The fourth-order valence-corrected chi connectivity index (χ4v) is 3.03. The minimum atomic E-state index is -0.301. The van der Waals surface area contributed by atoms with Gasteiger partial charge in [0.05, 0.1) is 6.10 Å². The highest BCUT2D eigenvalue weighted by Gasteiger charge is 2.14. The van der Waals surface area contributed by atoms with Crippen LogP contribution in [0.1, 0.15) is 25.5 Å². The second-order valence-corrected chi connectivity index (χ2v) is 6.36. The molecule has 3 atom stereocenters. The molecule has 0 bridgehead atoms. The van der Waals surface area contributed by atoms with Crippen molar-refractivity contribution in [3.63, 3.8) is 0 Å². The number of aliphatic hydroxyl groups excluding tert-OH is 1. The smallest absolute Gasteiger partial charge is 0.0628 e. The molecule has 19 heavy (non-hydrogen) atoms. The Bertz CT molecular complexity index is 536. The van der Waals surface area contributed by atoms with Crippen molar-refractivity contribution in [2.75, 3.05) is 5.75 Å². The Kier molecular flexibility index (Phi) is 4.86. The SMILES string of the molecule is CC(O)C(C)SCC(N)c1cccc2ccccc12. The first-order valence-electron chi connectivity index (χ1n) is 6.62. The maximum absolute atomic E-state index is 9.51. The van der Waals surface area contributed by atoms with Crippen LogP contribution in [-0.4, -0.2) is 22.2 Å². The number of nitrogens with two attached hydrogens (primary N) is 1. The normalized spacial score (nSPS) is 16.2. The van der Waals surface area contributed by atoms with Gasteiger partial charge in [-0.25, -0.2) is 0 Å². The number of fused-ring (bicyclic) bond motifs is 1. The summed E-state index contributed by atoms with van der Waals surface area (Å²) in [7, 11) is 0. The van der Waals surface area contributed by atoms with E-state index in [9.17, 15) is 5.11 Å². The first-order chi connectivity index (χ1) is 9.09. The lowest BCUT2D eigenvalue weighted by Gasteiger charge is -2.19. The van der Waals surface area contributed by atoms with Crippen LogP contribution in [0.3, 0.4) is 0 Å². The lowest BCUT2D eigenvalue weighted by atomic mass is 10.0. The Morgan fingerprint density at radius 3 is 2.53 bits per heavy atom. The summed E-state index contributed by atoms with van der Waals surface area (Å²) in [4.78, 5) is 0. The fourth-order valence-electron chi connectivity index (χ4n) is 2.06. The average Bonchev–Trinajstić information content (AvgIpc) is 2.43. The van der Waals surface area contributed by atoms with Crippen LogP contribution < -0.4 is 5.73 Å². The van der Waals surface area contributed by atoms with E-state index in [4.69, 9.17) is 5.73 Å². The zero-order chi connectivity index (χ0) is 13.8. The fraction of sp³-hybridized carbons (Fsp3) is 0.375. The molecule has 102 valence electrons. The predicted octanol–water partition coefficient (Wildman–Crippen LogP) is 3.34. The van der Waals surface area contributed by atoms with Gasteiger partial charge in [0, 0.05) is 17.0 Å². The summed E-state index contributed by atoms with van der Waals surface area (Å²) in [5.74, 6) is 0.820. The van der Waals surface area contributed by atoms with Crippen LogP contribution in [0.2, 0.25) is 0 Å². The van der Waals surface area contributed by atoms with Crippen molar-refractivity contribution >= 4 is 22.5 Å². The zero-order valence-electron chi connectivity index (χ0n) is 11.4. The molecule has 2 aromatic rings. The summed E-state index contributed by atoms with van der Waals surface area (Å²) >= 11 is 1.72. The van der Waals surface area contributed by atoms with Crippen LogP contribution in [0.15, 0.2) is 42.5 Å². The van der Waals surface area contributed by atoms with Gasteiger partial charge in [-0.05, 0) is 23.3 Å². The molecule has 3 N–H and O–H groups in total. The van der Waals surface area contributed by atoms with Crippen molar-refractivity contribution in [3.05, 3.63) is 48.0 Å². The third-order valence-electron chi connectivity index (χ3n) is 3.44. The third kappa shape index (κ3) is 3.50. The van der Waals surface area contributed by atoms with E-state index in [1.165, 1.54) is 16.3 Å². The largest absolute Gasteiger partial charge is 0.392 e. The number of rotatable bonds is 5. The maximum atomic E-state index is 9.51. The monoisotopic (exact) mass is 275 g/mol. The molecule has 0 spiro atoms. The van der Waals surface area contributed by atoms with E-state index in [0.29, 0.717) is 0 Å². The van der Waals surface area contributed by atoms with Crippen LogP contribution >= 0.6 is 11.8 Å². The Morgan fingerprint density at radius 1 is 1.11 bits per heavy atom. The van der Waals surface area contributed by atoms with Gasteiger partial charge in [-0.1, -0.05) is 49.4 Å². The summed E-state index contributed by atoms with van der Waals surface area (Å²) < 4.78 is 0. The molecule has 3 unspecified atom stereocenters. The highest BCUT2D eigenvalue weighted by atomic mass is 32.2. The molecule has 0 aliphatic rings. The van der Waals surface area contributed by atoms with E-state index in [-0.39, 0.29) is 17.4 Å². The number of benzene rings is 2. The van der Waals surface area contributed by atoms with Crippen LogP contribution in [0.25, 0.3) is 10.8 Å². The summed E-state index contributed by atoms with van der Waals surface area (Å²) in [5, 5.41) is 12.2. The van der Waals surface area contributed by atoms with E-state index >= 15 is 0 Å². The molecule has 2 aromatic carbocycles. The van der Waals surface area contributed by atoms with E-state index < -0.39 is 0 Å². The molecule has 0 saturated carbocycles. The number of aliphatic hydroxyl groups is 1. The summed E-state index contributed by atoms with van der Waals surface area (Å²) in [6.07, 6.45) is -0.301. The van der Waals surface area contributed by atoms with Crippen LogP contribution in [0.4, 0.5) is 0 Å². The Labute approximate surface area is 119 Å². The quantitative estimate of drug-likeness (QED) is 0.879. The average molecular weight is 275 g/mol. The first-order valence-corrected chi connectivity index (χ1v) is 7.67. The van der Waals surface area contributed by atoms with Gasteiger partial charge in [-0.3, -0.25) is 0 Å². The van der Waals surface area contributed by atoms with Gasteiger partial charge >= 0.3 is 0 Å². The third-order valence-corrected chi connectivity index (χ3v) is 4.91. The molecule has 0 aliphatic heterocycles. The van der Waals surface area contributed by atoms with Crippen molar-refractivity contribution in [1.29, 1.82) is 0 Å². The van der Waals surface area contributed by atoms with Gasteiger partial charge in [-0.2, -0.15) is 11.8 Å². The standard InChI is InChI=1S/C16H21NOS/c1-11(18)12(2)19-10-16(17)15-9-5-7-13-6-3-4-8-14(13)15/h3-9,11-12,16,18H,10,17H2,1-2H3. The molecule has 0 radical (unpaired) electrons. The van der Waals surface area contributed by atoms with Gasteiger partial charge in [0.2, 0.25) is 0 Å². The van der Waals surface area contributed by atoms with Gasteiger partial charge in [0.15, 0.2) is 0 Å². The molecular formula is C16H21NOS. The molecular weight excluding hydrogens is 254 g/mol. The lowest BCUT2D eigenvalue weighted by Crippen LogP contribution is -2.20. The molecule has 0 fully saturated rings. The van der Waals surface area contributed by atoms with E-state index in [2.05, 4.69) is 30.3 Å². The Morgan fingerprint density at radius 2 is 1.79 bits per heavy atom. The summed E-state index contributed by atoms with van der Waals surface area (Å²) in [6, 6.07) is 14.6. The Hall–Kier alpha value is -1.03. The highest BCUT2D eigenvalue weighted by Crippen LogP contribution is 2.27. The minimum absolute atomic E-state index is 0.00250. The van der Waals surface area contributed by atoms with Crippen molar-refractivity contribution in [2.45, 2.75) is 31.2 Å². The highest BCUT2D eigenvalue weighted by molar-refractivity contribution is 7.99. The van der Waals surface area contributed by atoms with Gasteiger partial charge in [0.25, 0.3) is 0 Å². The molecule has 3 heteroatoms. The van der Waals surface area contributed by atoms with E-state index in [1.807, 2.05) is 26.0 Å². The molecule has 0 heterocycles. The number of thioether (sulfide) groups is 1. The second-order valence-electron chi connectivity index (χ2n) is 4.95. The van der Waals surface area contributed by atoms with Gasteiger partial charge in [-0.15, -0.1) is 0 Å². The zero-order valence-corrected chi connectivity index (χ0v) is 12.2. The predicted molar refractivity (Wildman–Crippen MR) is 84.5 cm³/mol. The van der Waals surface area contributed by atoms with Crippen LogP contribution in [-0.2, 0) is 0 Å². The van der Waals surface area contributed by atoms with Gasteiger partial charge in [0.1, 0.15) is 0 Å². The van der Waals surface area contributed by atoms with Crippen molar-refractivity contribution < 1.29 is 5.11 Å². The molecule has 2 nitrogen and oxygen atoms in total. The van der Waals surface area contributed by atoms with Crippen LogP contribution in [0, 0.1) is 0 Å².